The highest BCUT2D eigenvalue weighted by molar-refractivity contribution is 5.80. The Balaban J connectivity index is 1.55. The third kappa shape index (κ3) is 5.16. The summed E-state index contributed by atoms with van der Waals surface area (Å²) in [4.78, 5) is 11.1. The molecule has 0 aliphatic carbocycles. The smallest absolute Gasteiger partial charge is 0.194 e. The molecule has 0 amide bonds. The van der Waals surface area contributed by atoms with E-state index in [1.54, 1.807) is 6.07 Å². The molecule has 0 saturated carbocycles. The Labute approximate surface area is 168 Å². The molecule has 0 aromatic heterocycles. The van der Waals surface area contributed by atoms with Gasteiger partial charge in [-0.1, -0.05) is 36.4 Å². The number of rotatable bonds is 5. The standard InChI is InChI=1S/C22H31N5O/c1-23-22(24-16-18-7-6-8-19(15-18)17-25(2)3)27-13-11-26(12-14-27)20-9-4-5-10-21(20)28/h4-10,15,28H,11-14,16-17H2,1-3H3,(H,23,24). The average Bonchev–Trinajstić information content (AvgIpc) is 2.69. The molecule has 2 aromatic carbocycles. The summed E-state index contributed by atoms with van der Waals surface area (Å²) < 4.78 is 0. The maximum atomic E-state index is 10.1. The van der Waals surface area contributed by atoms with Crippen molar-refractivity contribution in [1.29, 1.82) is 0 Å². The summed E-state index contributed by atoms with van der Waals surface area (Å²) in [6, 6.07) is 16.2. The van der Waals surface area contributed by atoms with Crippen molar-refractivity contribution in [2.75, 3.05) is 52.2 Å². The van der Waals surface area contributed by atoms with Gasteiger partial charge >= 0.3 is 0 Å². The molecule has 1 fully saturated rings. The van der Waals surface area contributed by atoms with E-state index < -0.39 is 0 Å². The van der Waals surface area contributed by atoms with E-state index in [-0.39, 0.29) is 0 Å². The van der Waals surface area contributed by atoms with E-state index in [4.69, 9.17) is 0 Å². The summed E-state index contributed by atoms with van der Waals surface area (Å²) in [5.41, 5.74) is 3.48. The van der Waals surface area contributed by atoms with Crippen LogP contribution in [-0.4, -0.2) is 68.2 Å². The second kappa shape index (κ2) is 9.46. The topological polar surface area (TPSA) is 54.3 Å². The normalized spacial score (nSPS) is 15.2. The highest BCUT2D eigenvalue weighted by atomic mass is 16.3. The molecule has 0 bridgehead atoms. The van der Waals surface area contributed by atoms with Crippen molar-refractivity contribution >= 4 is 11.6 Å². The number of benzene rings is 2. The van der Waals surface area contributed by atoms with E-state index in [2.05, 4.69) is 63.4 Å². The summed E-state index contributed by atoms with van der Waals surface area (Å²) >= 11 is 0. The van der Waals surface area contributed by atoms with Crippen LogP contribution < -0.4 is 10.2 Å². The minimum absolute atomic E-state index is 0.344. The number of hydrogen-bond donors (Lipinski definition) is 2. The van der Waals surface area contributed by atoms with Crippen molar-refractivity contribution in [3.63, 3.8) is 0 Å². The molecule has 1 heterocycles. The first-order chi connectivity index (χ1) is 13.6. The van der Waals surface area contributed by atoms with Crippen LogP contribution in [0.5, 0.6) is 5.75 Å². The predicted molar refractivity (Wildman–Crippen MR) is 116 cm³/mol. The molecule has 1 aliphatic rings. The predicted octanol–water partition coefficient (Wildman–Crippen LogP) is 2.35. The fourth-order valence-electron chi connectivity index (χ4n) is 3.61. The van der Waals surface area contributed by atoms with E-state index in [9.17, 15) is 5.11 Å². The Bertz CT molecular complexity index is 797. The van der Waals surface area contributed by atoms with Crippen LogP contribution in [0.3, 0.4) is 0 Å². The SMILES string of the molecule is CN=C(NCc1cccc(CN(C)C)c1)N1CCN(c2ccccc2O)CC1. The van der Waals surface area contributed by atoms with E-state index in [1.807, 2.05) is 25.2 Å². The lowest BCUT2D eigenvalue weighted by Crippen LogP contribution is -2.52. The van der Waals surface area contributed by atoms with E-state index >= 15 is 0 Å². The van der Waals surface area contributed by atoms with Gasteiger partial charge in [-0.2, -0.15) is 0 Å². The monoisotopic (exact) mass is 381 g/mol. The van der Waals surface area contributed by atoms with Crippen LogP contribution in [0.4, 0.5) is 5.69 Å². The Kier molecular flexibility index (Phi) is 6.76. The zero-order valence-electron chi connectivity index (χ0n) is 17.1. The van der Waals surface area contributed by atoms with Crippen LogP contribution in [-0.2, 0) is 13.1 Å². The molecule has 1 saturated heterocycles. The number of phenolic OH excluding ortho intramolecular Hbond substituents is 1. The number of piperazine rings is 1. The van der Waals surface area contributed by atoms with Crippen LogP contribution in [0.25, 0.3) is 0 Å². The zero-order chi connectivity index (χ0) is 19.9. The van der Waals surface area contributed by atoms with Crippen molar-refractivity contribution in [2.24, 2.45) is 4.99 Å². The number of hydrogen-bond acceptors (Lipinski definition) is 4. The second-order valence-corrected chi connectivity index (χ2v) is 7.42. The van der Waals surface area contributed by atoms with Gasteiger partial charge in [0, 0.05) is 46.3 Å². The maximum Gasteiger partial charge on any atom is 0.194 e. The van der Waals surface area contributed by atoms with Gasteiger partial charge in [0.1, 0.15) is 5.75 Å². The summed E-state index contributed by atoms with van der Waals surface area (Å²) in [7, 11) is 6.00. The van der Waals surface area contributed by atoms with Crippen molar-refractivity contribution in [2.45, 2.75) is 13.1 Å². The van der Waals surface area contributed by atoms with Crippen LogP contribution in [0.2, 0.25) is 0 Å². The van der Waals surface area contributed by atoms with E-state index in [1.165, 1.54) is 11.1 Å². The Morgan fingerprint density at radius 3 is 2.43 bits per heavy atom. The molecule has 150 valence electrons. The molecule has 0 unspecified atom stereocenters. The highest BCUT2D eigenvalue weighted by Crippen LogP contribution is 2.27. The van der Waals surface area contributed by atoms with E-state index in [0.29, 0.717) is 5.75 Å². The fraction of sp³-hybridized carbons (Fsp3) is 0.409. The molecular formula is C22H31N5O. The molecular weight excluding hydrogens is 350 g/mol. The lowest BCUT2D eigenvalue weighted by molar-refractivity contribution is 0.369. The molecule has 3 rings (SSSR count). The van der Waals surface area contributed by atoms with Crippen LogP contribution >= 0.6 is 0 Å². The Hall–Kier alpha value is -2.73. The van der Waals surface area contributed by atoms with Crippen molar-refractivity contribution in [1.82, 2.24) is 15.1 Å². The number of aliphatic imine (C=N–C) groups is 1. The number of para-hydroxylation sites is 2. The number of phenols is 1. The van der Waals surface area contributed by atoms with Gasteiger partial charge in [0.15, 0.2) is 5.96 Å². The van der Waals surface area contributed by atoms with Gasteiger partial charge < -0.3 is 25.1 Å². The molecule has 2 aromatic rings. The van der Waals surface area contributed by atoms with Crippen LogP contribution in [0.1, 0.15) is 11.1 Å². The van der Waals surface area contributed by atoms with Crippen molar-refractivity contribution in [3.05, 3.63) is 59.7 Å². The maximum absolute atomic E-state index is 10.1. The van der Waals surface area contributed by atoms with Gasteiger partial charge in [0.25, 0.3) is 0 Å². The third-order valence-corrected chi connectivity index (χ3v) is 4.95. The molecule has 0 atom stereocenters. The van der Waals surface area contributed by atoms with Gasteiger partial charge in [-0.25, -0.2) is 0 Å². The minimum atomic E-state index is 0.344. The number of aromatic hydroxyl groups is 1. The van der Waals surface area contributed by atoms with Gasteiger partial charge in [-0.15, -0.1) is 0 Å². The molecule has 6 nitrogen and oxygen atoms in total. The zero-order valence-corrected chi connectivity index (χ0v) is 17.1. The number of anilines is 1. The quantitative estimate of drug-likeness (QED) is 0.615. The number of nitrogens with zero attached hydrogens (tertiary/aromatic N) is 4. The summed E-state index contributed by atoms with van der Waals surface area (Å²) in [5.74, 6) is 1.27. The van der Waals surface area contributed by atoms with E-state index in [0.717, 1.165) is 50.9 Å². The fourth-order valence-corrected chi connectivity index (χ4v) is 3.61. The molecule has 2 N–H and O–H groups in total. The summed E-state index contributed by atoms with van der Waals surface area (Å²) in [6.45, 7) is 5.15. The molecule has 0 spiro atoms. The summed E-state index contributed by atoms with van der Waals surface area (Å²) in [6.07, 6.45) is 0. The largest absolute Gasteiger partial charge is 0.506 e. The Morgan fingerprint density at radius 2 is 1.75 bits per heavy atom. The minimum Gasteiger partial charge on any atom is -0.506 e. The molecule has 0 radical (unpaired) electrons. The number of nitrogens with one attached hydrogen (secondary N) is 1. The first kappa shape index (κ1) is 20.0. The Morgan fingerprint density at radius 1 is 1.04 bits per heavy atom. The first-order valence-electron chi connectivity index (χ1n) is 9.78. The van der Waals surface area contributed by atoms with Gasteiger partial charge in [0.2, 0.25) is 0 Å². The van der Waals surface area contributed by atoms with Crippen molar-refractivity contribution in [3.8, 4) is 5.75 Å². The number of guanidine groups is 1. The molecule has 6 heteroatoms. The summed E-state index contributed by atoms with van der Waals surface area (Å²) in [5, 5.41) is 13.6. The lowest BCUT2D eigenvalue weighted by atomic mass is 10.1. The average molecular weight is 382 g/mol. The van der Waals surface area contributed by atoms with Gasteiger partial charge in [0.05, 0.1) is 5.69 Å². The lowest BCUT2D eigenvalue weighted by Gasteiger charge is -2.37. The molecule has 28 heavy (non-hydrogen) atoms. The van der Waals surface area contributed by atoms with Gasteiger partial charge in [-0.3, -0.25) is 4.99 Å². The van der Waals surface area contributed by atoms with Crippen molar-refractivity contribution < 1.29 is 5.11 Å². The van der Waals surface area contributed by atoms with Crippen LogP contribution in [0.15, 0.2) is 53.5 Å². The van der Waals surface area contributed by atoms with Gasteiger partial charge in [-0.05, 0) is 37.4 Å². The second-order valence-electron chi connectivity index (χ2n) is 7.42. The highest BCUT2D eigenvalue weighted by Gasteiger charge is 2.21. The third-order valence-electron chi connectivity index (χ3n) is 4.95. The first-order valence-corrected chi connectivity index (χ1v) is 9.78. The van der Waals surface area contributed by atoms with Crippen LogP contribution in [0, 0.1) is 0 Å². The molecule has 1 aliphatic heterocycles.